The number of rotatable bonds is 6. The molecule has 2 saturated carbocycles. The van der Waals surface area contributed by atoms with Gasteiger partial charge >= 0.3 is 6.18 Å². The Labute approximate surface area is 194 Å². The first kappa shape index (κ1) is 24.2. The molecular weight excluding hydrogens is 473 g/mol. The van der Waals surface area contributed by atoms with Crippen LogP contribution in [-0.4, -0.2) is 48.1 Å². The molecule has 2 aliphatic carbocycles. The second kappa shape index (κ2) is 8.39. The van der Waals surface area contributed by atoms with Gasteiger partial charge in [-0.2, -0.15) is 23.5 Å². The number of nitriles is 1. The Bertz CT molecular complexity index is 1260. The number of aryl methyl sites for hydroxylation is 1. The third-order valence-electron chi connectivity index (χ3n) is 6.50. The van der Waals surface area contributed by atoms with Crippen molar-refractivity contribution in [3.63, 3.8) is 0 Å². The molecule has 2 aliphatic rings. The highest BCUT2D eigenvalue weighted by Crippen LogP contribution is 2.43. The lowest BCUT2D eigenvalue weighted by atomic mass is 10.0. The molecule has 0 aliphatic heterocycles. The molecule has 8 nitrogen and oxygen atoms in total. The van der Waals surface area contributed by atoms with E-state index in [0.717, 1.165) is 12.1 Å². The summed E-state index contributed by atoms with van der Waals surface area (Å²) in [5.74, 6) is -1.41. The molecule has 0 bridgehead atoms. The smallest absolute Gasteiger partial charge is 0.381 e. The van der Waals surface area contributed by atoms with Crippen molar-refractivity contribution in [3.05, 3.63) is 36.2 Å². The zero-order chi connectivity index (χ0) is 24.9. The molecule has 0 spiro atoms. The summed E-state index contributed by atoms with van der Waals surface area (Å²) in [6.07, 6.45) is -2.12. The van der Waals surface area contributed by atoms with Crippen LogP contribution in [0.15, 0.2) is 35.5 Å². The predicted molar refractivity (Wildman–Crippen MR) is 114 cm³/mol. The Hall–Kier alpha value is -2.91. The SMILES string of the molecule is CO[C@@H]1C[C@H](S(=O)(=O)c2ccc(-c3cnn(C)c3)cc2C(F)(F)F)C[C@H]1C(=O)NC1(C#N)CC1. The minimum atomic E-state index is -4.91. The van der Waals surface area contributed by atoms with Gasteiger partial charge in [0.15, 0.2) is 9.84 Å². The van der Waals surface area contributed by atoms with Gasteiger partial charge in [0, 0.05) is 25.9 Å². The Morgan fingerprint density at radius 2 is 2.00 bits per heavy atom. The number of nitrogens with one attached hydrogen (secondary N) is 1. The van der Waals surface area contributed by atoms with Crippen molar-refractivity contribution >= 4 is 15.7 Å². The zero-order valence-electron chi connectivity index (χ0n) is 18.5. The van der Waals surface area contributed by atoms with Gasteiger partial charge in [0.25, 0.3) is 0 Å². The van der Waals surface area contributed by atoms with Gasteiger partial charge in [-0.15, -0.1) is 0 Å². The molecule has 4 rings (SSSR count). The number of aromatic nitrogens is 2. The number of hydrogen-bond acceptors (Lipinski definition) is 6. The topological polar surface area (TPSA) is 114 Å². The van der Waals surface area contributed by atoms with E-state index in [1.54, 1.807) is 7.05 Å². The van der Waals surface area contributed by atoms with Gasteiger partial charge in [0.05, 0.1) is 40.0 Å². The average molecular weight is 497 g/mol. The lowest BCUT2D eigenvalue weighted by molar-refractivity contribution is -0.139. The van der Waals surface area contributed by atoms with E-state index in [9.17, 15) is 31.6 Å². The van der Waals surface area contributed by atoms with Crippen LogP contribution in [0.2, 0.25) is 0 Å². The first-order chi connectivity index (χ1) is 15.9. The quantitative estimate of drug-likeness (QED) is 0.658. The van der Waals surface area contributed by atoms with Crippen LogP contribution in [0.4, 0.5) is 13.2 Å². The van der Waals surface area contributed by atoms with Gasteiger partial charge in [-0.1, -0.05) is 6.07 Å². The number of methoxy groups -OCH3 is 1. The van der Waals surface area contributed by atoms with Crippen LogP contribution >= 0.6 is 0 Å². The molecule has 12 heteroatoms. The lowest BCUT2D eigenvalue weighted by Crippen LogP contribution is -2.42. The van der Waals surface area contributed by atoms with E-state index >= 15 is 0 Å². The van der Waals surface area contributed by atoms with Crippen molar-refractivity contribution in [2.45, 2.75) is 53.6 Å². The number of amides is 1. The monoisotopic (exact) mass is 496 g/mol. The standard InChI is InChI=1S/C22H23F3N4O4S/c1-29-11-14(10-27-29)13-3-4-19(17(7-13)22(23,24)25)34(31,32)15-8-16(18(9-15)33-2)20(30)28-21(12-26)5-6-21/h3-4,7,10-11,15-16,18H,5-6,8-9H2,1-2H3,(H,28,30)/t15-,16-,18-/m1/s1. The fraction of sp³-hybridized carbons (Fsp3) is 0.500. The molecule has 1 heterocycles. The normalized spacial score (nSPS) is 23.9. The van der Waals surface area contributed by atoms with Gasteiger partial charge in [-0.3, -0.25) is 9.48 Å². The van der Waals surface area contributed by atoms with E-state index in [1.165, 1.54) is 30.3 Å². The first-order valence-electron chi connectivity index (χ1n) is 10.6. The van der Waals surface area contributed by atoms with Crippen LogP contribution in [0.3, 0.4) is 0 Å². The number of alkyl halides is 3. The summed E-state index contributed by atoms with van der Waals surface area (Å²) in [6.45, 7) is 0. The maximum absolute atomic E-state index is 13.9. The molecule has 0 unspecified atom stereocenters. The maximum Gasteiger partial charge on any atom is 0.417 e. The van der Waals surface area contributed by atoms with E-state index in [2.05, 4.69) is 10.4 Å². The highest BCUT2D eigenvalue weighted by Gasteiger charge is 2.51. The zero-order valence-corrected chi connectivity index (χ0v) is 19.3. The highest BCUT2D eigenvalue weighted by molar-refractivity contribution is 7.92. The number of halogens is 3. The molecular formula is C22H23F3N4O4S. The molecule has 3 atom stereocenters. The third kappa shape index (κ3) is 4.42. The van der Waals surface area contributed by atoms with E-state index in [0.29, 0.717) is 18.4 Å². The summed E-state index contributed by atoms with van der Waals surface area (Å²) in [7, 11) is -1.52. The van der Waals surface area contributed by atoms with Crippen LogP contribution in [0.1, 0.15) is 31.2 Å². The summed E-state index contributed by atoms with van der Waals surface area (Å²) >= 11 is 0. The third-order valence-corrected chi connectivity index (χ3v) is 8.73. The van der Waals surface area contributed by atoms with E-state index in [4.69, 9.17) is 4.74 Å². The summed E-state index contributed by atoms with van der Waals surface area (Å²) in [5.41, 5.74) is -1.61. The van der Waals surface area contributed by atoms with Crippen LogP contribution in [0.5, 0.6) is 0 Å². The first-order valence-corrected chi connectivity index (χ1v) is 12.1. The van der Waals surface area contributed by atoms with Crippen molar-refractivity contribution in [2.24, 2.45) is 13.0 Å². The number of carbonyl (C=O) groups is 1. The fourth-order valence-corrected chi connectivity index (χ4v) is 6.39. The minimum absolute atomic E-state index is 0.127. The number of hydrogen-bond donors (Lipinski definition) is 1. The fourth-order valence-electron chi connectivity index (χ4n) is 4.39. The van der Waals surface area contributed by atoms with Gasteiger partial charge in [0.1, 0.15) is 5.54 Å². The molecule has 2 aromatic rings. The Morgan fingerprint density at radius 1 is 1.29 bits per heavy atom. The molecule has 0 radical (unpaired) electrons. The Kier molecular flexibility index (Phi) is 5.98. The lowest BCUT2D eigenvalue weighted by Gasteiger charge is -2.19. The van der Waals surface area contributed by atoms with Crippen molar-refractivity contribution in [2.75, 3.05) is 7.11 Å². The van der Waals surface area contributed by atoms with Gasteiger partial charge in [-0.05, 0) is 43.4 Å². The summed E-state index contributed by atoms with van der Waals surface area (Å²) < 4.78 is 75.3. The van der Waals surface area contributed by atoms with E-state index in [-0.39, 0.29) is 18.4 Å². The molecule has 1 aromatic heterocycles. The van der Waals surface area contributed by atoms with Crippen LogP contribution in [-0.2, 0) is 32.6 Å². The summed E-state index contributed by atoms with van der Waals surface area (Å²) in [6, 6.07) is 5.11. The maximum atomic E-state index is 13.9. The van der Waals surface area contributed by atoms with Gasteiger partial charge < -0.3 is 10.1 Å². The molecule has 0 saturated heterocycles. The molecule has 2 fully saturated rings. The number of benzene rings is 1. The average Bonchev–Trinajstić information content (AvgIpc) is 3.19. The number of carbonyl (C=O) groups excluding carboxylic acids is 1. The number of nitrogens with zero attached hydrogens (tertiary/aromatic N) is 3. The Balaban J connectivity index is 1.66. The molecule has 34 heavy (non-hydrogen) atoms. The molecule has 1 aromatic carbocycles. The summed E-state index contributed by atoms with van der Waals surface area (Å²) in [5, 5.41) is 14.5. The van der Waals surface area contributed by atoms with Gasteiger partial charge in [-0.25, -0.2) is 8.42 Å². The number of sulfone groups is 1. The second-order valence-corrected chi connectivity index (χ2v) is 11.0. The predicted octanol–water partition coefficient (Wildman–Crippen LogP) is 2.85. The number of ether oxygens (including phenoxy) is 1. The Morgan fingerprint density at radius 3 is 2.53 bits per heavy atom. The molecule has 182 valence electrons. The van der Waals surface area contributed by atoms with Crippen LogP contribution in [0, 0.1) is 17.2 Å². The van der Waals surface area contributed by atoms with E-state index in [1.807, 2.05) is 6.07 Å². The van der Waals surface area contributed by atoms with Crippen LogP contribution in [0.25, 0.3) is 11.1 Å². The summed E-state index contributed by atoms with van der Waals surface area (Å²) in [4.78, 5) is 11.9. The van der Waals surface area contributed by atoms with Crippen molar-refractivity contribution in [3.8, 4) is 17.2 Å². The van der Waals surface area contributed by atoms with Crippen molar-refractivity contribution < 1.29 is 31.1 Å². The van der Waals surface area contributed by atoms with E-state index < -0.39 is 55.2 Å². The van der Waals surface area contributed by atoms with Gasteiger partial charge in [0.2, 0.25) is 5.91 Å². The van der Waals surface area contributed by atoms with Crippen LogP contribution < -0.4 is 5.32 Å². The van der Waals surface area contributed by atoms with Crippen molar-refractivity contribution in [1.29, 1.82) is 5.26 Å². The molecule has 1 N–H and O–H groups in total. The largest absolute Gasteiger partial charge is 0.417 e. The highest BCUT2D eigenvalue weighted by atomic mass is 32.2. The minimum Gasteiger partial charge on any atom is -0.381 e. The van der Waals surface area contributed by atoms with Crippen molar-refractivity contribution in [1.82, 2.24) is 15.1 Å². The second-order valence-electron chi connectivity index (χ2n) is 8.81. The molecule has 1 amide bonds.